The van der Waals surface area contributed by atoms with Crippen LogP contribution in [0, 0.1) is 5.92 Å². The Morgan fingerprint density at radius 2 is 2.33 bits per heavy atom. The molecular formula is C16H19N3O2. The molecule has 0 saturated heterocycles. The number of carbonyl (C=O) groups excluding carboxylic acids is 1. The Morgan fingerprint density at radius 3 is 3.19 bits per heavy atom. The van der Waals surface area contributed by atoms with Crippen molar-refractivity contribution in [2.75, 3.05) is 7.11 Å². The summed E-state index contributed by atoms with van der Waals surface area (Å²) < 4.78 is 7.41. The summed E-state index contributed by atoms with van der Waals surface area (Å²) >= 11 is 0. The van der Waals surface area contributed by atoms with Gasteiger partial charge in [0.2, 0.25) is 5.91 Å². The van der Waals surface area contributed by atoms with Crippen molar-refractivity contribution in [2.45, 2.75) is 25.9 Å². The van der Waals surface area contributed by atoms with Crippen LogP contribution in [0.1, 0.15) is 17.7 Å². The minimum Gasteiger partial charge on any atom is -0.496 e. The molecule has 2 aromatic rings. The number of aryl methyl sites for hydroxylation is 1. The lowest BCUT2D eigenvalue weighted by atomic mass is 9.95. The lowest BCUT2D eigenvalue weighted by molar-refractivity contribution is -0.125. The summed E-state index contributed by atoms with van der Waals surface area (Å²) in [5, 5.41) is 3.02. The molecule has 1 atom stereocenters. The lowest BCUT2D eigenvalue weighted by Gasteiger charge is -2.23. The van der Waals surface area contributed by atoms with Gasteiger partial charge in [0, 0.05) is 42.9 Å². The fraction of sp³-hybridized carbons (Fsp3) is 0.375. The zero-order valence-corrected chi connectivity index (χ0v) is 12.1. The number of ether oxygens (including phenoxy) is 1. The molecule has 0 spiro atoms. The quantitative estimate of drug-likeness (QED) is 0.931. The number of benzene rings is 1. The number of methoxy groups -OCH3 is 1. The molecule has 21 heavy (non-hydrogen) atoms. The molecule has 110 valence electrons. The van der Waals surface area contributed by atoms with Gasteiger partial charge in [-0.3, -0.25) is 4.79 Å². The minimum absolute atomic E-state index is 0.0314. The van der Waals surface area contributed by atoms with Crippen molar-refractivity contribution >= 4 is 5.91 Å². The van der Waals surface area contributed by atoms with Crippen LogP contribution in [0.4, 0.5) is 0 Å². The third kappa shape index (κ3) is 2.91. The number of aromatic nitrogens is 2. The highest BCUT2D eigenvalue weighted by Crippen LogP contribution is 2.21. The van der Waals surface area contributed by atoms with E-state index in [2.05, 4.69) is 14.9 Å². The third-order valence-corrected chi connectivity index (χ3v) is 3.99. The number of amides is 1. The predicted molar refractivity (Wildman–Crippen MR) is 78.9 cm³/mol. The summed E-state index contributed by atoms with van der Waals surface area (Å²) in [6.07, 6.45) is 5.30. The summed E-state index contributed by atoms with van der Waals surface area (Å²) in [6.45, 7) is 1.36. The lowest BCUT2D eigenvalue weighted by Crippen LogP contribution is -2.34. The Kier molecular flexibility index (Phi) is 3.90. The summed E-state index contributed by atoms with van der Waals surface area (Å²) in [4.78, 5) is 16.4. The highest BCUT2D eigenvalue weighted by atomic mass is 16.5. The van der Waals surface area contributed by atoms with Gasteiger partial charge >= 0.3 is 0 Å². The van der Waals surface area contributed by atoms with E-state index in [0.29, 0.717) is 6.54 Å². The zero-order valence-electron chi connectivity index (χ0n) is 12.1. The molecule has 1 amide bonds. The molecule has 2 heterocycles. The smallest absolute Gasteiger partial charge is 0.223 e. The van der Waals surface area contributed by atoms with Gasteiger partial charge in [0.05, 0.1) is 13.4 Å². The number of carbonyl (C=O) groups is 1. The predicted octanol–water partition coefficient (Wildman–Crippen LogP) is 1.77. The fourth-order valence-corrected chi connectivity index (χ4v) is 2.77. The van der Waals surface area contributed by atoms with Crippen LogP contribution in [-0.2, 0) is 24.3 Å². The van der Waals surface area contributed by atoms with Crippen LogP contribution in [0.3, 0.4) is 0 Å². The maximum atomic E-state index is 12.3. The Hall–Kier alpha value is -2.30. The minimum atomic E-state index is 0.0314. The molecule has 3 rings (SSSR count). The topological polar surface area (TPSA) is 56.1 Å². The first-order valence-electron chi connectivity index (χ1n) is 7.16. The third-order valence-electron chi connectivity index (χ3n) is 3.99. The zero-order chi connectivity index (χ0) is 14.7. The van der Waals surface area contributed by atoms with E-state index in [1.165, 1.54) is 0 Å². The molecule has 0 saturated carbocycles. The van der Waals surface area contributed by atoms with Crippen LogP contribution >= 0.6 is 0 Å². The van der Waals surface area contributed by atoms with Gasteiger partial charge < -0.3 is 14.6 Å². The van der Waals surface area contributed by atoms with Crippen molar-refractivity contribution in [3.63, 3.8) is 0 Å². The average Bonchev–Trinajstić information content (AvgIpc) is 3.00. The van der Waals surface area contributed by atoms with Crippen molar-refractivity contribution in [1.82, 2.24) is 14.9 Å². The summed E-state index contributed by atoms with van der Waals surface area (Å²) in [7, 11) is 1.64. The first kappa shape index (κ1) is 13.7. The molecule has 1 aromatic carbocycles. The normalized spacial score (nSPS) is 17.1. The van der Waals surface area contributed by atoms with Gasteiger partial charge in [-0.2, -0.15) is 0 Å². The molecule has 0 radical (unpaired) electrons. The number of nitrogens with zero attached hydrogens (tertiary/aromatic N) is 2. The Bertz CT molecular complexity index is 636. The number of nitrogens with one attached hydrogen (secondary N) is 1. The second-order valence-electron chi connectivity index (χ2n) is 5.30. The largest absolute Gasteiger partial charge is 0.496 e. The van der Waals surface area contributed by atoms with Crippen LogP contribution < -0.4 is 10.1 Å². The van der Waals surface area contributed by atoms with Gasteiger partial charge in [-0.05, 0) is 12.5 Å². The highest BCUT2D eigenvalue weighted by Gasteiger charge is 2.24. The SMILES string of the molecule is COc1ccccc1CNC(=O)C1CCn2cncc2C1. The van der Waals surface area contributed by atoms with E-state index in [0.717, 1.165) is 36.4 Å². The number of hydrogen-bond acceptors (Lipinski definition) is 3. The van der Waals surface area contributed by atoms with E-state index < -0.39 is 0 Å². The summed E-state index contributed by atoms with van der Waals surface area (Å²) in [6, 6.07) is 7.74. The average molecular weight is 285 g/mol. The Morgan fingerprint density at radius 1 is 1.48 bits per heavy atom. The van der Waals surface area contributed by atoms with Crippen molar-refractivity contribution in [1.29, 1.82) is 0 Å². The molecule has 0 fully saturated rings. The Balaban J connectivity index is 1.60. The van der Waals surface area contributed by atoms with E-state index in [9.17, 15) is 4.79 Å². The van der Waals surface area contributed by atoms with Crippen molar-refractivity contribution in [3.8, 4) is 5.75 Å². The highest BCUT2D eigenvalue weighted by molar-refractivity contribution is 5.79. The van der Waals surface area contributed by atoms with Crippen LogP contribution in [-0.4, -0.2) is 22.6 Å². The van der Waals surface area contributed by atoms with E-state index in [1.54, 1.807) is 7.11 Å². The van der Waals surface area contributed by atoms with Gasteiger partial charge in [0.25, 0.3) is 0 Å². The van der Waals surface area contributed by atoms with Crippen LogP contribution in [0.15, 0.2) is 36.8 Å². The Labute approximate surface area is 124 Å². The maximum Gasteiger partial charge on any atom is 0.223 e. The van der Waals surface area contributed by atoms with Crippen molar-refractivity contribution in [2.24, 2.45) is 5.92 Å². The number of rotatable bonds is 4. The van der Waals surface area contributed by atoms with Gasteiger partial charge in [0.15, 0.2) is 0 Å². The first-order valence-corrected chi connectivity index (χ1v) is 7.16. The molecule has 1 aliphatic rings. The molecular weight excluding hydrogens is 266 g/mol. The van der Waals surface area contributed by atoms with E-state index in [-0.39, 0.29) is 11.8 Å². The van der Waals surface area contributed by atoms with Gasteiger partial charge in [-0.15, -0.1) is 0 Å². The summed E-state index contributed by atoms with van der Waals surface area (Å²) in [5.74, 6) is 0.941. The number of hydrogen-bond donors (Lipinski definition) is 1. The molecule has 0 aliphatic carbocycles. The standard InChI is InChI=1S/C16H19N3O2/c1-21-15-5-3-2-4-13(15)9-18-16(20)12-6-7-19-11-17-10-14(19)8-12/h2-5,10-12H,6-9H2,1H3,(H,18,20). The molecule has 1 unspecified atom stereocenters. The second-order valence-corrected chi connectivity index (χ2v) is 5.30. The number of imidazole rings is 1. The summed E-state index contributed by atoms with van der Waals surface area (Å²) in [5.41, 5.74) is 2.13. The van der Waals surface area contributed by atoms with Gasteiger partial charge in [0.1, 0.15) is 5.75 Å². The molecule has 1 aromatic heterocycles. The van der Waals surface area contributed by atoms with Gasteiger partial charge in [-0.1, -0.05) is 18.2 Å². The second kappa shape index (κ2) is 5.99. The molecule has 1 N–H and O–H groups in total. The van der Waals surface area contributed by atoms with Crippen molar-refractivity contribution in [3.05, 3.63) is 48.0 Å². The first-order chi connectivity index (χ1) is 10.3. The van der Waals surface area contributed by atoms with E-state index >= 15 is 0 Å². The van der Waals surface area contributed by atoms with Crippen LogP contribution in [0.2, 0.25) is 0 Å². The van der Waals surface area contributed by atoms with Crippen LogP contribution in [0.25, 0.3) is 0 Å². The molecule has 1 aliphatic heterocycles. The van der Waals surface area contributed by atoms with Crippen LogP contribution in [0.5, 0.6) is 5.75 Å². The number of fused-ring (bicyclic) bond motifs is 1. The van der Waals surface area contributed by atoms with Crippen molar-refractivity contribution < 1.29 is 9.53 Å². The fourth-order valence-electron chi connectivity index (χ4n) is 2.77. The monoisotopic (exact) mass is 285 g/mol. The van der Waals surface area contributed by atoms with E-state index in [1.807, 2.05) is 36.8 Å². The molecule has 5 heteroatoms. The molecule has 5 nitrogen and oxygen atoms in total. The molecule has 0 bridgehead atoms. The van der Waals surface area contributed by atoms with Gasteiger partial charge in [-0.25, -0.2) is 4.98 Å². The number of para-hydroxylation sites is 1. The maximum absolute atomic E-state index is 12.3. The van der Waals surface area contributed by atoms with E-state index in [4.69, 9.17) is 4.74 Å².